The molecule has 0 unspecified atom stereocenters. The zero-order valence-corrected chi connectivity index (χ0v) is 14.2. The molecule has 2 aromatic rings. The first-order chi connectivity index (χ1) is 12.1. The number of anilines is 1. The average Bonchev–Trinajstić information content (AvgIpc) is 2.66. The Bertz CT molecular complexity index is 742. The fourth-order valence-electron chi connectivity index (χ4n) is 2.04. The summed E-state index contributed by atoms with van der Waals surface area (Å²) in [6.07, 6.45) is 0. The lowest BCUT2D eigenvalue weighted by atomic mass is 10.2. The minimum absolute atomic E-state index is 0.188. The highest BCUT2D eigenvalue weighted by molar-refractivity contribution is 5.93. The summed E-state index contributed by atoms with van der Waals surface area (Å²) in [4.78, 5) is 23.4. The van der Waals surface area contributed by atoms with Crippen molar-refractivity contribution in [3.05, 3.63) is 48.0 Å². The van der Waals surface area contributed by atoms with Gasteiger partial charge in [-0.15, -0.1) is 0 Å². The fraction of sp³-hybridized carbons (Fsp3) is 0.222. The molecule has 25 heavy (non-hydrogen) atoms. The molecule has 0 aliphatic heterocycles. The van der Waals surface area contributed by atoms with Crippen molar-refractivity contribution >= 4 is 17.6 Å². The normalized spacial score (nSPS) is 9.88. The smallest absolute Gasteiger partial charge is 0.337 e. The maximum Gasteiger partial charge on any atom is 0.337 e. The molecule has 0 atom stereocenters. The SMILES string of the molecule is COC(=O)c1ccc(OCC(=O)Nc2ccc(OC)cc2OC)cc1. The van der Waals surface area contributed by atoms with Crippen LogP contribution < -0.4 is 19.5 Å². The Morgan fingerprint density at radius 2 is 1.60 bits per heavy atom. The van der Waals surface area contributed by atoms with E-state index in [2.05, 4.69) is 10.1 Å². The van der Waals surface area contributed by atoms with Gasteiger partial charge in [0, 0.05) is 6.07 Å². The molecule has 7 nitrogen and oxygen atoms in total. The highest BCUT2D eigenvalue weighted by atomic mass is 16.5. The Balaban J connectivity index is 1.93. The Kier molecular flexibility index (Phi) is 6.22. The third-order valence-corrected chi connectivity index (χ3v) is 3.33. The minimum atomic E-state index is -0.434. The van der Waals surface area contributed by atoms with Crippen molar-refractivity contribution < 1.29 is 28.5 Å². The monoisotopic (exact) mass is 345 g/mol. The van der Waals surface area contributed by atoms with E-state index >= 15 is 0 Å². The van der Waals surface area contributed by atoms with Crippen LogP contribution in [0.1, 0.15) is 10.4 Å². The van der Waals surface area contributed by atoms with E-state index in [1.54, 1.807) is 49.6 Å². The molecule has 2 rings (SSSR count). The Hall–Kier alpha value is -3.22. The second-order valence-corrected chi connectivity index (χ2v) is 4.92. The van der Waals surface area contributed by atoms with Crippen LogP contribution >= 0.6 is 0 Å². The zero-order chi connectivity index (χ0) is 18.2. The second kappa shape index (κ2) is 8.58. The van der Waals surface area contributed by atoms with Gasteiger partial charge in [0.15, 0.2) is 6.61 Å². The van der Waals surface area contributed by atoms with Crippen molar-refractivity contribution in [3.63, 3.8) is 0 Å². The van der Waals surface area contributed by atoms with Crippen LogP contribution in [0, 0.1) is 0 Å². The van der Waals surface area contributed by atoms with Gasteiger partial charge in [-0.1, -0.05) is 0 Å². The Labute approximate surface area is 145 Å². The van der Waals surface area contributed by atoms with Crippen LogP contribution in [0.5, 0.6) is 17.2 Å². The van der Waals surface area contributed by atoms with Gasteiger partial charge in [-0.2, -0.15) is 0 Å². The predicted molar refractivity (Wildman–Crippen MR) is 91.5 cm³/mol. The average molecular weight is 345 g/mol. The number of hydrogen-bond donors (Lipinski definition) is 1. The number of hydrogen-bond acceptors (Lipinski definition) is 6. The van der Waals surface area contributed by atoms with Crippen LogP contribution in [0.2, 0.25) is 0 Å². The standard InChI is InChI=1S/C18H19NO6/c1-22-14-8-9-15(16(10-14)23-2)19-17(20)11-25-13-6-4-12(5-7-13)18(21)24-3/h4-10H,11H2,1-3H3,(H,19,20). The summed E-state index contributed by atoms with van der Waals surface area (Å²) >= 11 is 0. The predicted octanol–water partition coefficient (Wildman–Crippen LogP) is 2.51. The molecule has 0 saturated carbocycles. The summed E-state index contributed by atoms with van der Waals surface area (Å²) in [5, 5.41) is 2.70. The molecular formula is C18H19NO6. The van der Waals surface area contributed by atoms with E-state index in [9.17, 15) is 9.59 Å². The molecule has 1 amide bonds. The maximum atomic E-state index is 12.0. The number of benzene rings is 2. The molecule has 0 bridgehead atoms. The number of methoxy groups -OCH3 is 3. The first kappa shape index (κ1) is 18.1. The van der Waals surface area contributed by atoms with Gasteiger partial charge in [-0.25, -0.2) is 4.79 Å². The van der Waals surface area contributed by atoms with Crippen molar-refractivity contribution in [3.8, 4) is 17.2 Å². The summed E-state index contributed by atoms with van der Waals surface area (Å²) in [7, 11) is 4.36. The summed E-state index contributed by atoms with van der Waals surface area (Å²) in [5.74, 6) is 0.785. The van der Waals surface area contributed by atoms with E-state index in [1.807, 2.05) is 0 Å². The third-order valence-electron chi connectivity index (χ3n) is 3.33. The Morgan fingerprint density at radius 1 is 0.920 bits per heavy atom. The van der Waals surface area contributed by atoms with Crippen molar-refractivity contribution in [1.82, 2.24) is 0 Å². The van der Waals surface area contributed by atoms with E-state index in [-0.39, 0.29) is 12.5 Å². The highest BCUT2D eigenvalue weighted by Crippen LogP contribution is 2.28. The van der Waals surface area contributed by atoms with Crippen LogP contribution in [0.4, 0.5) is 5.69 Å². The molecule has 7 heteroatoms. The van der Waals surface area contributed by atoms with Crippen molar-refractivity contribution in [2.75, 3.05) is 33.3 Å². The van der Waals surface area contributed by atoms with Gasteiger partial charge in [0.1, 0.15) is 17.2 Å². The zero-order valence-electron chi connectivity index (χ0n) is 14.2. The molecule has 132 valence electrons. The number of amides is 1. The Morgan fingerprint density at radius 3 is 2.20 bits per heavy atom. The van der Waals surface area contributed by atoms with Gasteiger partial charge in [-0.05, 0) is 36.4 Å². The summed E-state index contributed by atoms with van der Waals surface area (Å²) < 4.78 is 20.3. The third kappa shape index (κ3) is 4.87. The molecule has 0 aliphatic rings. The summed E-state index contributed by atoms with van der Waals surface area (Å²) in [6, 6.07) is 11.4. The van der Waals surface area contributed by atoms with Gasteiger partial charge in [0.05, 0.1) is 32.6 Å². The number of nitrogens with one attached hydrogen (secondary N) is 1. The number of ether oxygens (including phenoxy) is 4. The number of carbonyl (C=O) groups is 2. The van der Waals surface area contributed by atoms with E-state index in [4.69, 9.17) is 14.2 Å². The second-order valence-electron chi connectivity index (χ2n) is 4.92. The molecule has 0 radical (unpaired) electrons. The minimum Gasteiger partial charge on any atom is -0.497 e. The lowest BCUT2D eigenvalue weighted by Crippen LogP contribution is -2.20. The van der Waals surface area contributed by atoms with Crippen molar-refractivity contribution in [2.24, 2.45) is 0 Å². The largest absolute Gasteiger partial charge is 0.497 e. The van der Waals surface area contributed by atoms with Crippen LogP contribution in [0.25, 0.3) is 0 Å². The van der Waals surface area contributed by atoms with Crippen LogP contribution in [-0.4, -0.2) is 39.8 Å². The molecule has 0 spiro atoms. The fourth-order valence-corrected chi connectivity index (χ4v) is 2.04. The molecular weight excluding hydrogens is 326 g/mol. The van der Waals surface area contributed by atoms with E-state index in [0.717, 1.165) is 0 Å². The van der Waals surface area contributed by atoms with E-state index < -0.39 is 5.97 Å². The van der Waals surface area contributed by atoms with E-state index in [1.165, 1.54) is 14.2 Å². The molecule has 0 heterocycles. The molecule has 1 N–H and O–H groups in total. The summed E-state index contributed by atoms with van der Waals surface area (Å²) in [5.41, 5.74) is 0.917. The van der Waals surface area contributed by atoms with Gasteiger partial charge in [0.2, 0.25) is 0 Å². The van der Waals surface area contributed by atoms with Gasteiger partial charge in [0.25, 0.3) is 5.91 Å². The first-order valence-electron chi connectivity index (χ1n) is 7.40. The van der Waals surface area contributed by atoms with Crippen LogP contribution in [0.3, 0.4) is 0 Å². The molecule has 0 saturated heterocycles. The quantitative estimate of drug-likeness (QED) is 0.777. The maximum absolute atomic E-state index is 12.0. The van der Waals surface area contributed by atoms with E-state index in [0.29, 0.717) is 28.5 Å². The number of esters is 1. The van der Waals surface area contributed by atoms with Crippen LogP contribution in [-0.2, 0) is 9.53 Å². The topological polar surface area (TPSA) is 83.1 Å². The number of rotatable bonds is 7. The number of carbonyl (C=O) groups excluding carboxylic acids is 2. The van der Waals surface area contributed by atoms with Crippen molar-refractivity contribution in [1.29, 1.82) is 0 Å². The molecule has 0 fully saturated rings. The highest BCUT2D eigenvalue weighted by Gasteiger charge is 2.10. The molecule has 2 aromatic carbocycles. The van der Waals surface area contributed by atoms with Gasteiger partial charge < -0.3 is 24.3 Å². The molecule has 0 aliphatic carbocycles. The summed E-state index contributed by atoms with van der Waals surface area (Å²) in [6.45, 7) is -0.188. The van der Waals surface area contributed by atoms with Gasteiger partial charge in [-0.3, -0.25) is 4.79 Å². The van der Waals surface area contributed by atoms with Crippen LogP contribution in [0.15, 0.2) is 42.5 Å². The lowest BCUT2D eigenvalue weighted by molar-refractivity contribution is -0.118. The van der Waals surface area contributed by atoms with Crippen molar-refractivity contribution in [2.45, 2.75) is 0 Å². The molecule has 0 aromatic heterocycles. The first-order valence-corrected chi connectivity index (χ1v) is 7.40. The van der Waals surface area contributed by atoms with Gasteiger partial charge >= 0.3 is 5.97 Å². The lowest BCUT2D eigenvalue weighted by Gasteiger charge is -2.12.